The second-order valence-electron chi connectivity index (χ2n) is 8.20. The summed E-state index contributed by atoms with van der Waals surface area (Å²) in [5, 5.41) is 7.72. The highest BCUT2D eigenvalue weighted by Crippen LogP contribution is 2.31. The summed E-state index contributed by atoms with van der Waals surface area (Å²) in [4.78, 5) is 2.64. The third-order valence-electron chi connectivity index (χ3n) is 6.42. The fraction of sp³-hybridized carbons (Fsp3) is 0.714. The lowest BCUT2D eigenvalue weighted by atomic mass is 9.93. The Morgan fingerprint density at radius 3 is 2.92 bits per heavy atom. The Morgan fingerprint density at radius 1 is 1.24 bits per heavy atom. The number of rotatable bonds is 5. The Balaban J connectivity index is 1.32. The molecule has 4 heteroatoms. The van der Waals surface area contributed by atoms with Gasteiger partial charge in [-0.25, -0.2) is 0 Å². The van der Waals surface area contributed by atoms with Gasteiger partial charge in [-0.15, -0.1) is 0 Å². The highest BCUT2D eigenvalue weighted by atomic mass is 16.5. The molecule has 0 bridgehead atoms. The van der Waals surface area contributed by atoms with Gasteiger partial charge in [0.1, 0.15) is 0 Å². The van der Waals surface area contributed by atoms with Crippen LogP contribution in [0.3, 0.4) is 0 Å². The van der Waals surface area contributed by atoms with Gasteiger partial charge in [-0.1, -0.05) is 36.8 Å². The van der Waals surface area contributed by atoms with Crippen molar-refractivity contribution in [1.82, 2.24) is 15.5 Å². The van der Waals surface area contributed by atoms with Crippen LogP contribution in [-0.2, 0) is 11.3 Å². The first-order valence-corrected chi connectivity index (χ1v) is 10.1. The second-order valence-corrected chi connectivity index (χ2v) is 8.20. The predicted molar refractivity (Wildman–Crippen MR) is 102 cm³/mol. The molecule has 0 radical (unpaired) electrons. The monoisotopic (exact) mass is 343 g/mol. The maximum Gasteiger partial charge on any atom is 0.0623 e. The summed E-state index contributed by atoms with van der Waals surface area (Å²) in [5.41, 5.74) is 1.43. The molecule has 5 atom stereocenters. The summed E-state index contributed by atoms with van der Waals surface area (Å²) in [5.74, 6) is 0.735. The fourth-order valence-electron chi connectivity index (χ4n) is 5.10. The molecule has 3 fully saturated rings. The molecule has 5 unspecified atom stereocenters. The van der Waals surface area contributed by atoms with E-state index in [-0.39, 0.29) is 0 Å². The van der Waals surface area contributed by atoms with Gasteiger partial charge in [-0.3, -0.25) is 4.90 Å². The van der Waals surface area contributed by atoms with Gasteiger partial charge in [-0.05, 0) is 37.7 Å². The largest absolute Gasteiger partial charge is 0.379 e. The molecule has 1 aromatic carbocycles. The number of hydrogen-bond donors (Lipinski definition) is 2. The van der Waals surface area contributed by atoms with Crippen molar-refractivity contribution in [2.75, 3.05) is 26.3 Å². The van der Waals surface area contributed by atoms with Crippen molar-refractivity contribution >= 4 is 0 Å². The molecule has 3 aliphatic rings. The molecule has 4 nitrogen and oxygen atoms in total. The minimum absolute atomic E-state index is 0.549. The zero-order valence-corrected chi connectivity index (χ0v) is 15.5. The van der Waals surface area contributed by atoms with Crippen molar-refractivity contribution in [2.24, 2.45) is 5.92 Å². The molecule has 1 aromatic rings. The smallest absolute Gasteiger partial charge is 0.0623 e. The van der Waals surface area contributed by atoms with Crippen molar-refractivity contribution in [3.05, 3.63) is 35.9 Å². The molecule has 2 N–H and O–H groups in total. The van der Waals surface area contributed by atoms with Crippen LogP contribution in [0.5, 0.6) is 0 Å². The van der Waals surface area contributed by atoms with Gasteiger partial charge in [0.2, 0.25) is 0 Å². The van der Waals surface area contributed by atoms with Crippen molar-refractivity contribution in [2.45, 2.75) is 63.3 Å². The Hall–Kier alpha value is -0.940. The molecular formula is C21H33N3O. The summed E-state index contributed by atoms with van der Waals surface area (Å²) >= 11 is 0. The molecule has 1 aliphatic carbocycles. The van der Waals surface area contributed by atoms with Crippen LogP contribution in [0.4, 0.5) is 0 Å². The first-order chi connectivity index (χ1) is 12.3. The van der Waals surface area contributed by atoms with Crippen LogP contribution in [0.25, 0.3) is 0 Å². The number of nitrogens with zero attached hydrogens (tertiary/aromatic N) is 1. The highest BCUT2D eigenvalue weighted by molar-refractivity contribution is 5.15. The predicted octanol–water partition coefficient (Wildman–Crippen LogP) is 2.40. The zero-order valence-electron chi connectivity index (χ0n) is 15.5. The van der Waals surface area contributed by atoms with Gasteiger partial charge in [0, 0.05) is 43.8 Å². The number of ether oxygens (including phenoxy) is 1. The van der Waals surface area contributed by atoms with Crippen molar-refractivity contribution in [1.29, 1.82) is 0 Å². The molecule has 2 heterocycles. The van der Waals surface area contributed by atoms with E-state index in [1.165, 1.54) is 37.8 Å². The van der Waals surface area contributed by atoms with Crippen molar-refractivity contribution in [3.63, 3.8) is 0 Å². The summed E-state index contributed by atoms with van der Waals surface area (Å²) in [7, 11) is 0. The highest BCUT2D eigenvalue weighted by Gasteiger charge is 2.37. The molecule has 4 rings (SSSR count). The van der Waals surface area contributed by atoms with E-state index in [0.29, 0.717) is 24.2 Å². The molecular weight excluding hydrogens is 310 g/mol. The normalized spacial score (nSPS) is 36.8. The Bertz CT molecular complexity index is 531. The lowest BCUT2D eigenvalue weighted by molar-refractivity contribution is 0.0517. The standard InChI is InChI=1S/C21H33N3O/c1-16-12-18(14-24(16)13-17-6-3-2-4-7-17)23-20-9-5-8-19(20)21-15-25-11-10-22-21/h2-4,6-7,16,18-23H,5,8-15H2,1H3. The van der Waals surface area contributed by atoms with E-state index in [0.717, 1.165) is 32.2 Å². The molecule has 138 valence electrons. The Kier molecular flexibility index (Phi) is 5.71. The molecule has 0 spiro atoms. The summed E-state index contributed by atoms with van der Waals surface area (Å²) in [6, 6.07) is 13.4. The van der Waals surface area contributed by atoms with E-state index >= 15 is 0 Å². The second kappa shape index (κ2) is 8.17. The average molecular weight is 344 g/mol. The van der Waals surface area contributed by atoms with Crippen LogP contribution in [0.15, 0.2) is 30.3 Å². The first kappa shape index (κ1) is 17.5. The average Bonchev–Trinajstić information content (AvgIpc) is 3.24. The topological polar surface area (TPSA) is 36.5 Å². The molecule has 2 aliphatic heterocycles. The van der Waals surface area contributed by atoms with Crippen molar-refractivity contribution in [3.8, 4) is 0 Å². The van der Waals surface area contributed by atoms with Gasteiger partial charge >= 0.3 is 0 Å². The van der Waals surface area contributed by atoms with Gasteiger partial charge < -0.3 is 15.4 Å². The van der Waals surface area contributed by atoms with E-state index < -0.39 is 0 Å². The van der Waals surface area contributed by atoms with E-state index in [2.05, 4.69) is 52.8 Å². The maximum absolute atomic E-state index is 5.71. The van der Waals surface area contributed by atoms with Crippen LogP contribution in [-0.4, -0.2) is 55.4 Å². The minimum atomic E-state index is 0.549. The third kappa shape index (κ3) is 4.25. The fourth-order valence-corrected chi connectivity index (χ4v) is 5.10. The van der Waals surface area contributed by atoms with Crippen LogP contribution in [0.1, 0.15) is 38.2 Å². The number of likely N-dealkylation sites (tertiary alicyclic amines) is 1. The van der Waals surface area contributed by atoms with E-state index in [9.17, 15) is 0 Å². The molecule has 25 heavy (non-hydrogen) atoms. The van der Waals surface area contributed by atoms with Gasteiger partial charge in [0.05, 0.1) is 13.2 Å². The third-order valence-corrected chi connectivity index (χ3v) is 6.42. The summed E-state index contributed by atoms with van der Waals surface area (Å²) in [6.07, 6.45) is 5.29. The van der Waals surface area contributed by atoms with Crippen LogP contribution in [0.2, 0.25) is 0 Å². The van der Waals surface area contributed by atoms with Crippen LogP contribution < -0.4 is 10.6 Å². The summed E-state index contributed by atoms with van der Waals surface area (Å²) in [6.45, 7) is 7.41. The Morgan fingerprint density at radius 2 is 2.12 bits per heavy atom. The molecule has 0 aromatic heterocycles. The quantitative estimate of drug-likeness (QED) is 0.861. The van der Waals surface area contributed by atoms with Gasteiger partial charge in [0.25, 0.3) is 0 Å². The van der Waals surface area contributed by atoms with E-state index in [4.69, 9.17) is 4.74 Å². The van der Waals surface area contributed by atoms with Crippen LogP contribution in [0, 0.1) is 5.92 Å². The van der Waals surface area contributed by atoms with Gasteiger partial charge in [-0.2, -0.15) is 0 Å². The van der Waals surface area contributed by atoms with Crippen LogP contribution >= 0.6 is 0 Å². The SMILES string of the molecule is CC1CC(NC2CCCC2C2COCCN2)CN1Cc1ccccc1. The van der Waals surface area contributed by atoms with Gasteiger partial charge in [0.15, 0.2) is 0 Å². The zero-order chi connectivity index (χ0) is 17.1. The van der Waals surface area contributed by atoms with E-state index in [1.54, 1.807) is 0 Å². The minimum Gasteiger partial charge on any atom is -0.379 e. The summed E-state index contributed by atoms with van der Waals surface area (Å²) < 4.78 is 5.71. The lowest BCUT2D eigenvalue weighted by Gasteiger charge is -2.34. The lowest BCUT2D eigenvalue weighted by Crippen LogP contribution is -2.52. The molecule has 0 amide bonds. The number of nitrogens with one attached hydrogen (secondary N) is 2. The first-order valence-electron chi connectivity index (χ1n) is 10.1. The van der Waals surface area contributed by atoms with Crippen molar-refractivity contribution < 1.29 is 4.74 Å². The number of morpholine rings is 1. The number of hydrogen-bond acceptors (Lipinski definition) is 4. The maximum atomic E-state index is 5.71. The Labute approximate surface area is 152 Å². The molecule has 1 saturated carbocycles. The molecule has 2 saturated heterocycles. The number of benzene rings is 1. The van der Waals surface area contributed by atoms with E-state index in [1.807, 2.05) is 0 Å².